The minimum atomic E-state index is 0.141. The first kappa shape index (κ1) is 15.2. The van der Waals surface area contributed by atoms with Gasteiger partial charge >= 0.3 is 0 Å². The second-order valence-corrected chi connectivity index (χ2v) is 6.83. The standard InChI is InChI=1S/C19H23N3O2/c1-13-11-22-12-15(6-7-18(22)20-13)21-19(23)10-14-8-9-24-17-5-3-2-4-16(14)17/h2-5,11,14-15H,6-10,12H2,1H3,(H,21,23)/t14-,15+/m1/s1. The topological polar surface area (TPSA) is 56.2 Å². The minimum absolute atomic E-state index is 0.141. The van der Waals surface area contributed by atoms with E-state index in [1.54, 1.807) is 0 Å². The molecule has 0 unspecified atom stereocenters. The fourth-order valence-electron chi connectivity index (χ4n) is 3.84. The Hall–Kier alpha value is -2.30. The summed E-state index contributed by atoms with van der Waals surface area (Å²) in [6, 6.07) is 8.27. The van der Waals surface area contributed by atoms with Crippen molar-refractivity contribution in [2.24, 2.45) is 0 Å². The molecule has 1 N–H and O–H groups in total. The Labute approximate surface area is 142 Å². The van der Waals surface area contributed by atoms with Crippen molar-refractivity contribution in [3.05, 3.63) is 47.5 Å². The largest absolute Gasteiger partial charge is 0.493 e. The zero-order valence-corrected chi connectivity index (χ0v) is 14.0. The molecule has 1 aromatic carbocycles. The number of ether oxygens (including phenoxy) is 1. The van der Waals surface area contributed by atoms with Gasteiger partial charge in [0.15, 0.2) is 0 Å². The van der Waals surface area contributed by atoms with E-state index >= 15 is 0 Å². The number of hydrogen-bond donors (Lipinski definition) is 1. The van der Waals surface area contributed by atoms with Gasteiger partial charge in [-0.2, -0.15) is 0 Å². The molecule has 2 atom stereocenters. The quantitative estimate of drug-likeness (QED) is 0.944. The van der Waals surface area contributed by atoms with E-state index in [1.165, 1.54) is 0 Å². The molecule has 0 bridgehead atoms. The van der Waals surface area contributed by atoms with Crippen LogP contribution in [0.25, 0.3) is 0 Å². The third-order valence-electron chi connectivity index (χ3n) is 4.99. The van der Waals surface area contributed by atoms with E-state index in [-0.39, 0.29) is 17.9 Å². The molecule has 5 nitrogen and oxygen atoms in total. The second-order valence-electron chi connectivity index (χ2n) is 6.83. The van der Waals surface area contributed by atoms with Crippen molar-refractivity contribution in [2.45, 2.75) is 51.1 Å². The third-order valence-corrected chi connectivity index (χ3v) is 4.99. The van der Waals surface area contributed by atoms with E-state index < -0.39 is 0 Å². The molecular weight excluding hydrogens is 302 g/mol. The minimum Gasteiger partial charge on any atom is -0.493 e. The maximum atomic E-state index is 12.5. The number of benzene rings is 1. The summed E-state index contributed by atoms with van der Waals surface area (Å²) in [6.07, 6.45) is 5.40. The van der Waals surface area contributed by atoms with Gasteiger partial charge < -0.3 is 14.6 Å². The number of nitrogens with zero attached hydrogens (tertiary/aromatic N) is 2. The van der Waals surface area contributed by atoms with Crippen molar-refractivity contribution in [3.63, 3.8) is 0 Å². The molecule has 0 saturated carbocycles. The molecule has 126 valence electrons. The summed E-state index contributed by atoms with van der Waals surface area (Å²) in [5.74, 6) is 2.46. The first-order chi connectivity index (χ1) is 11.7. The summed E-state index contributed by atoms with van der Waals surface area (Å²) in [6.45, 7) is 3.53. The van der Waals surface area contributed by atoms with Gasteiger partial charge in [-0.1, -0.05) is 18.2 Å². The van der Waals surface area contributed by atoms with Crippen LogP contribution in [-0.4, -0.2) is 28.1 Å². The maximum absolute atomic E-state index is 12.5. The van der Waals surface area contributed by atoms with Crippen LogP contribution in [-0.2, 0) is 17.8 Å². The molecule has 1 aromatic heterocycles. The van der Waals surface area contributed by atoms with E-state index in [0.717, 1.165) is 48.6 Å². The Morgan fingerprint density at radius 2 is 2.25 bits per heavy atom. The summed E-state index contributed by atoms with van der Waals surface area (Å²) < 4.78 is 7.86. The van der Waals surface area contributed by atoms with E-state index in [1.807, 2.05) is 25.1 Å². The number of aryl methyl sites for hydroxylation is 2. The maximum Gasteiger partial charge on any atom is 0.220 e. The van der Waals surface area contributed by atoms with Crippen molar-refractivity contribution in [1.82, 2.24) is 14.9 Å². The van der Waals surface area contributed by atoms with Crippen LogP contribution < -0.4 is 10.1 Å². The number of rotatable bonds is 3. The molecule has 24 heavy (non-hydrogen) atoms. The molecule has 0 spiro atoms. The van der Waals surface area contributed by atoms with E-state index in [4.69, 9.17) is 4.74 Å². The highest BCUT2D eigenvalue weighted by atomic mass is 16.5. The smallest absolute Gasteiger partial charge is 0.220 e. The fourth-order valence-corrected chi connectivity index (χ4v) is 3.84. The first-order valence-electron chi connectivity index (χ1n) is 8.73. The van der Waals surface area contributed by atoms with Crippen molar-refractivity contribution in [1.29, 1.82) is 0 Å². The van der Waals surface area contributed by atoms with Crippen LogP contribution in [0.1, 0.15) is 42.3 Å². The summed E-state index contributed by atoms with van der Waals surface area (Å²) >= 11 is 0. The number of fused-ring (bicyclic) bond motifs is 2. The SMILES string of the molecule is Cc1cn2c(n1)CC[C@H](NC(=O)C[C@H]1CCOc3ccccc31)C2. The van der Waals surface area contributed by atoms with Crippen LogP contribution in [0.15, 0.2) is 30.5 Å². The normalized spacial score (nSPS) is 22.2. The Bertz CT molecular complexity index is 753. The lowest BCUT2D eigenvalue weighted by atomic mass is 9.90. The highest BCUT2D eigenvalue weighted by molar-refractivity contribution is 5.77. The van der Waals surface area contributed by atoms with Crippen LogP contribution in [0.4, 0.5) is 0 Å². The van der Waals surface area contributed by atoms with Crippen LogP contribution in [0.3, 0.4) is 0 Å². The predicted octanol–water partition coefficient (Wildman–Crippen LogP) is 2.58. The van der Waals surface area contributed by atoms with Gasteiger partial charge in [-0.15, -0.1) is 0 Å². The number of nitrogens with one attached hydrogen (secondary N) is 1. The fraction of sp³-hybridized carbons (Fsp3) is 0.474. The summed E-state index contributed by atoms with van der Waals surface area (Å²) in [4.78, 5) is 17.0. The summed E-state index contributed by atoms with van der Waals surface area (Å²) in [5.41, 5.74) is 2.21. The number of imidazole rings is 1. The van der Waals surface area contributed by atoms with Crippen molar-refractivity contribution in [3.8, 4) is 5.75 Å². The van der Waals surface area contributed by atoms with Gasteiger partial charge in [-0.25, -0.2) is 4.98 Å². The van der Waals surface area contributed by atoms with Crippen LogP contribution >= 0.6 is 0 Å². The zero-order chi connectivity index (χ0) is 16.5. The Balaban J connectivity index is 1.38. The van der Waals surface area contributed by atoms with Crippen LogP contribution in [0.5, 0.6) is 5.75 Å². The van der Waals surface area contributed by atoms with E-state index in [2.05, 4.69) is 27.1 Å². The zero-order valence-electron chi connectivity index (χ0n) is 14.0. The lowest BCUT2D eigenvalue weighted by Gasteiger charge is -2.28. The molecule has 2 aliphatic rings. The summed E-state index contributed by atoms with van der Waals surface area (Å²) in [5, 5.41) is 3.22. The van der Waals surface area contributed by atoms with Gasteiger partial charge in [0, 0.05) is 31.6 Å². The molecular formula is C19H23N3O2. The monoisotopic (exact) mass is 325 g/mol. The molecule has 2 aliphatic heterocycles. The molecule has 4 rings (SSSR count). The molecule has 1 amide bonds. The van der Waals surface area contributed by atoms with Crippen molar-refractivity contribution >= 4 is 5.91 Å². The molecule has 0 saturated heterocycles. The molecule has 2 aromatic rings. The lowest BCUT2D eigenvalue weighted by Crippen LogP contribution is -2.41. The van der Waals surface area contributed by atoms with Gasteiger partial charge in [-0.3, -0.25) is 4.79 Å². The molecule has 0 radical (unpaired) electrons. The third kappa shape index (κ3) is 3.03. The van der Waals surface area contributed by atoms with E-state index in [9.17, 15) is 4.79 Å². The number of carbonyl (C=O) groups excluding carboxylic acids is 1. The van der Waals surface area contributed by atoms with Gasteiger partial charge in [0.2, 0.25) is 5.91 Å². The number of para-hydroxylation sites is 1. The van der Waals surface area contributed by atoms with Crippen molar-refractivity contribution < 1.29 is 9.53 Å². The average Bonchev–Trinajstić information content (AvgIpc) is 2.94. The Kier molecular flexibility index (Phi) is 4.00. The summed E-state index contributed by atoms with van der Waals surface area (Å²) in [7, 11) is 0. The molecule has 0 aliphatic carbocycles. The first-order valence-corrected chi connectivity index (χ1v) is 8.73. The highest BCUT2D eigenvalue weighted by Crippen LogP contribution is 2.35. The number of amides is 1. The molecule has 3 heterocycles. The van der Waals surface area contributed by atoms with Gasteiger partial charge in [0.05, 0.1) is 12.3 Å². The second kappa shape index (κ2) is 6.30. The Morgan fingerprint density at radius 3 is 3.17 bits per heavy atom. The average molecular weight is 325 g/mol. The number of hydrogen-bond acceptors (Lipinski definition) is 3. The Morgan fingerprint density at radius 1 is 1.38 bits per heavy atom. The lowest BCUT2D eigenvalue weighted by molar-refractivity contribution is -0.122. The molecule has 5 heteroatoms. The van der Waals surface area contributed by atoms with Gasteiger partial charge in [0.25, 0.3) is 0 Å². The number of aromatic nitrogens is 2. The van der Waals surface area contributed by atoms with Gasteiger partial charge in [0.1, 0.15) is 11.6 Å². The van der Waals surface area contributed by atoms with E-state index in [0.29, 0.717) is 13.0 Å². The highest BCUT2D eigenvalue weighted by Gasteiger charge is 2.26. The van der Waals surface area contributed by atoms with Crippen LogP contribution in [0.2, 0.25) is 0 Å². The van der Waals surface area contributed by atoms with Gasteiger partial charge in [-0.05, 0) is 37.3 Å². The predicted molar refractivity (Wildman–Crippen MR) is 91.1 cm³/mol. The number of carbonyl (C=O) groups is 1. The van der Waals surface area contributed by atoms with Crippen molar-refractivity contribution in [2.75, 3.05) is 6.61 Å². The van der Waals surface area contributed by atoms with Crippen LogP contribution in [0, 0.1) is 6.92 Å². The molecule has 0 fully saturated rings.